The van der Waals surface area contributed by atoms with E-state index < -0.39 is 0 Å². The summed E-state index contributed by atoms with van der Waals surface area (Å²) in [6, 6.07) is 15.5. The molecule has 2 aromatic carbocycles. The van der Waals surface area contributed by atoms with E-state index in [-0.39, 0.29) is 0 Å². The number of nitrogens with zero attached hydrogens (tertiary/aromatic N) is 1. The van der Waals surface area contributed by atoms with Gasteiger partial charge in [-0.2, -0.15) is 0 Å². The Morgan fingerprint density at radius 2 is 1.55 bits per heavy atom. The molecule has 2 nitrogen and oxygen atoms in total. The maximum Gasteiger partial charge on any atom is 0.0485 e. The molecule has 0 aromatic heterocycles. The van der Waals surface area contributed by atoms with Crippen LogP contribution in [0.1, 0.15) is 29.7 Å². The third kappa shape index (κ3) is 3.32. The third-order valence-corrected chi connectivity index (χ3v) is 3.80. The van der Waals surface area contributed by atoms with Crippen LogP contribution in [0.3, 0.4) is 0 Å². The van der Waals surface area contributed by atoms with Gasteiger partial charge in [-0.3, -0.25) is 0 Å². The molecule has 1 unspecified atom stereocenters. The fraction of sp³-hybridized carbons (Fsp3) is 0.333. The zero-order valence-electron chi connectivity index (χ0n) is 13.1. The highest BCUT2D eigenvalue weighted by Gasteiger charge is 2.06. The molecule has 2 heteroatoms. The van der Waals surface area contributed by atoms with E-state index in [9.17, 15) is 0 Å². The van der Waals surface area contributed by atoms with Gasteiger partial charge in [0, 0.05) is 31.5 Å². The Hall–Kier alpha value is -1.96. The first-order valence-corrected chi connectivity index (χ1v) is 7.08. The van der Waals surface area contributed by atoms with Crippen LogP contribution in [0.15, 0.2) is 42.5 Å². The van der Waals surface area contributed by atoms with Crippen molar-refractivity contribution in [3.63, 3.8) is 0 Å². The number of nitrogens with one attached hydrogen (secondary N) is 1. The van der Waals surface area contributed by atoms with E-state index in [1.165, 1.54) is 28.1 Å². The summed E-state index contributed by atoms with van der Waals surface area (Å²) in [6.07, 6.45) is 0. The van der Waals surface area contributed by atoms with Crippen LogP contribution in [-0.2, 0) is 0 Å². The Bertz CT molecular complexity index is 570. The first-order chi connectivity index (χ1) is 9.47. The monoisotopic (exact) mass is 268 g/mol. The lowest BCUT2D eigenvalue weighted by atomic mass is 10.1. The van der Waals surface area contributed by atoms with Crippen LogP contribution in [0, 0.1) is 13.8 Å². The molecule has 1 N–H and O–H groups in total. The highest BCUT2D eigenvalue weighted by atomic mass is 15.1. The summed E-state index contributed by atoms with van der Waals surface area (Å²) >= 11 is 0. The number of benzene rings is 2. The van der Waals surface area contributed by atoms with E-state index in [0.29, 0.717) is 6.04 Å². The molecule has 0 fully saturated rings. The summed E-state index contributed by atoms with van der Waals surface area (Å²) in [6.45, 7) is 6.49. The topological polar surface area (TPSA) is 15.3 Å². The van der Waals surface area contributed by atoms with Crippen molar-refractivity contribution in [3.05, 3.63) is 59.2 Å². The van der Waals surface area contributed by atoms with E-state index in [4.69, 9.17) is 0 Å². The van der Waals surface area contributed by atoms with Crippen molar-refractivity contribution >= 4 is 11.4 Å². The summed E-state index contributed by atoms with van der Waals surface area (Å²) in [5.41, 5.74) is 6.36. The zero-order chi connectivity index (χ0) is 14.7. The van der Waals surface area contributed by atoms with E-state index >= 15 is 0 Å². The maximum atomic E-state index is 3.56. The Kier molecular flexibility index (Phi) is 4.33. The molecule has 0 heterocycles. The molecular weight excluding hydrogens is 244 g/mol. The van der Waals surface area contributed by atoms with Gasteiger partial charge in [0.1, 0.15) is 0 Å². The van der Waals surface area contributed by atoms with Gasteiger partial charge in [0.25, 0.3) is 0 Å². The number of anilines is 2. The molecule has 0 radical (unpaired) electrons. The van der Waals surface area contributed by atoms with Crippen LogP contribution in [0.25, 0.3) is 0 Å². The quantitative estimate of drug-likeness (QED) is 0.875. The Morgan fingerprint density at radius 3 is 2.10 bits per heavy atom. The predicted molar refractivity (Wildman–Crippen MR) is 88.7 cm³/mol. The lowest BCUT2D eigenvalue weighted by Gasteiger charge is -2.18. The van der Waals surface area contributed by atoms with Gasteiger partial charge in [-0.1, -0.05) is 18.2 Å². The van der Waals surface area contributed by atoms with E-state index in [0.717, 1.165) is 0 Å². The molecule has 0 saturated heterocycles. The van der Waals surface area contributed by atoms with Crippen molar-refractivity contribution in [1.82, 2.24) is 0 Å². The predicted octanol–water partition coefficient (Wildman–Crippen LogP) is 4.54. The van der Waals surface area contributed by atoms with Crippen molar-refractivity contribution in [2.45, 2.75) is 26.8 Å². The molecule has 0 spiro atoms. The first kappa shape index (κ1) is 14.4. The number of rotatable bonds is 4. The van der Waals surface area contributed by atoms with Gasteiger partial charge in [0.2, 0.25) is 0 Å². The van der Waals surface area contributed by atoms with Gasteiger partial charge < -0.3 is 10.2 Å². The van der Waals surface area contributed by atoms with E-state index in [2.05, 4.69) is 87.5 Å². The van der Waals surface area contributed by atoms with Gasteiger partial charge in [-0.15, -0.1) is 0 Å². The molecule has 0 amide bonds. The summed E-state index contributed by atoms with van der Waals surface area (Å²) in [5, 5.41) is 3.56. The van der Waals surface area contributed by atoms with E-state index in [1.54, 1.807) is 0 Å². The summed E-state index contributed by atoms with van der Waals surface area (Å²) in [4.78, 5) is 2.12. The lowest BCUT2D eigenvalue weighted by molar-refractivity contribution is 0.883. The van der Waals surface area contributed by atoms with Crippen LogP contribution < -0.4 is 10.2 Å². The normalized spacial score (nSPS) is 12.1. The largest absolute Gasteiger partial charge is 0.379 e. The van der Waals surface area contributed by atoms with Crippen LogP contribution in [0.2, 0.25) is 0 Å². The Labute approximate surface area is 122 Å². The summed E-state index contributed by atoms with van der Waals surface area (Å²) < 4.78 is 0. The summed E-state index contributed by atoms with van der Waals surface area (Å²) in [5.74, 6) is 0. The number of aryl methyl sites for hydroxylation is 2. The van der Waals surface area contributed by atoms with Gasteiger partial charge in [0.05, 0.1) is 0 Å². The van der Waals surface area contributed by atoms with Gasteiger partial charge >= 0.3 is 0 Å². The molecule has 2 rings (SSSR count). The molecule has 0 saturated carbocycles. The van der Waals surface area contributed by atoms with Crippen molar-refractivity contribution in [2.24, 2.45) is 0 Å². The first-order valence-electron chi connectivity index (χ1n) is 7.08. The van der Waals surface area contributed by atoms with Crippen LogP contribution in [0.4, 0.5) is 11.4 Å². The van der Waals surface area contributed by atoms with Crippen LogP contribution in [-0.4, -0.2) is 14.1 Å². The van der Waals surface area contributed by atoms with Crippen LogP contribution in [0.5, 0.6) is 0 Å². The van der Waals surface area contributed by atoms with Gasteiger partial charge in [-0.25, -0.2) is 0 Å². The minimum atomic E-state index is 0.299. The highest BCUT2D eigenvalue weighted by Crippen LogP contribution is 2.23. The Balaban J connectivity index is 2.10. The van der Waals surface area contributed by atoms with Crippen molar-refractivity contribution in [3.8, 4) is 0 Å². The zero-order valence-corrected chi connectivity index (χ0v) is 13.1. The molecule has 2 aromatic rings. The van der Waals surface area contributed by atoms with Gasteiger partial charge in [-0.05, 0) is 61.7 Å². The van der Waals surface area contributed by atoms with Gasteiger partial charge in [0.15, 0.2) is 0 Å². The van der Waals surface area contributed by atoms with Crippen molar-refractivity contribution in [1.29, 1.82) is 0 Å². The lowest BCUT2D eigenvalue weighted by Crippen LogP contribution is -2.10. The van der Waals surface area contributed by atoms with Crippen LogP contribution >= 0.6 is 0 Å². The number of hydrogen-bond donors (Lipinski definition) is 1. The fourth-order valence-electron chi connectivity index (χ4n) is 2.23. The molecule has 0 aliphatic heterocycles. The van der Waals surface area contributed by atoms with Crippen molar-refractivity contribution in [2.75, 3.05) is 24.3 Å². The SMILES string of the molecule is Cc1ccc(NC(C)c2ccc(N(C)C)cc2)cc1C. The standard InChI is InChI=1S/C18H24N2/c1-13-6-9-17(12-14(13)2)19-15(3)16-7-10-18(11-8-16)20(4)5/h6-12,15,19H,1-5H3. The molecule has 106 valence electrons. The second kappa shape index (κ2) is 6.00. The highest BCUT2D eigenvalue weighted by molar-refractivity contribution is 5.51. The number of hydrogen-bond acceptors (Lipinski definition) is 2. The average molecular weight is 268 g/mol. The molecule has 0 bridgehead atoms. The maximum absolute atomic E-state index is 3.56. The molecular formula is C18H24N2. The molecule has 1 atom stereocenters. The molecule has 0 aliphatic carbocycles. The minimum Gasteiger partial charge on any atom is -0.379 e. The second-order valence-corrected chi connectivity index (χ2v) is 5.65. The van der Waals surface area contributed by atoms with E-state index in [1.807, 2.05) is 0 Å². The van der Waals surface area contributed by atoms with Crippen molar-refractivity contribution < 1.29 is 0 Å². The molecule has 0 aliphatic rings. The smallest absolute Gasteiger partial charge is 0.0485 e. The third-order valence-electron chi connectivity index (χ3n) is 3.80. The fourth-order valence-corrected chi connectivity index (χ4v) is 2.23. The minimum absolute atomic E-state index is 0.299. The second-order valence-electron chi connectivity index (χ2n) is 5.65. The Morgan fingerprint density at radius 1 is 0.900 bits per heavy atom. The summed E-state index contributed by atoms with van der Waals surface area (Å²) in [7, 11) is 4.12. The average Bonchev–Trinajstić information content (AvgIpc) is 2.43. The molecule has 20 heavy (non-hydrogen) atoms.